The monoisotopic (exact) mass is 251 g/mol. The Bertz CT molecular complexity index is 468. The summed E-state index contributed by atoms with van der Waals surface area (Å²) < 4.78 is 10.6. The summed E-state index contributed by atoms with van der Waals surface area (Å²) in [5, 5.41) is 3.83. The molecule has 90 valence electrons. The van der Waals surface area contributed by atoms with E-state index in [2.05, 4.69) is 5.32 Å². The van der Waals surface area contributed by atoms with E-state index in [-0.39, 0.29) is 0 Å². The highest BCUT2D eigenvalue weighted by Crippen LogP contribution is 2.27. The molecule has 0 aliphatic carbocycles. The smallest absolute Gasteiger partial charge is 0.138 e. The Labute approximate surface area is 105 Å². The first-order valence-electron chi connectivity index (χ1n) is 5.48. The van der Waals surface area contributed by atoms with E-state index in [1.165, 1.54) is 0 Å². The number of rotatable bonds is 5. The van der Waals surface area contributed by atoms with Gasteiger partial charge in [0.15, 0.2) is 0 Å². The molecule has 1 heterocycles. The van der Waals surface area contributed by atoms with Crippen molar-refractivity contribution in [2.45, 2.75) is 13.5 Å². The van der Waals surface area contributed by atoms with E-state index in [9.17, 15) is 0 Å². The number of hydrogen-bond acceptors (Lipinski definition) is 3. The van der Waals surface area contributed by atoms with E-state index in [0.29, 0.717) is 23.9 Å². The fraction of sp³-hybridized carbons (Fsp3) is 0.231. The Hall–Kier alpha value is -1.61. The number of furan rings is 1. The van der Waals surface area contributed by atoms with E-state index < -0.39 is 0 Å². The molecule has 0 bridgehead atoms. The SMILES string of the molecule is CCOc1ccc(NCc2ccco2)cc1Cl. The molecule has 1 aromatic carbocycles. The van der Waals surface area contributed by atoms with E-state index in [1.54, 1.807) is 6.26 Å². The van der Waals surface area contributed by atoms with Crippen LogP contribution in [0.3, 0.4) is 0 Å². The maximum atomic E-state index is 6.08. The van der Waals surface area contributed by atoms with Gasteiger partial charge in [0.25, 0.3) is 0 Å². The van der Waals surface area contributed by atoms with Crippen LogP contribution in [0, 0.1) is 0 Å². The summed E-state index contributed by atoms with van der Waals surface area (Å²) in [4.78, 5) is 0. The lowest BCUT2D eigenvalue weighted by Crippen LogP contribution is -1.98. The fourth-order valence-electron chi connectivity index (χ4n) is 1.49. The second-order valence-electron chi connectivity index (χ2n) is 3.51. The van der Waals surface area contributed by atoms with Crippen LogP contribution in [-0.4, -0.2) is 6.61 Å². The van der Waals surface area contributed by atoms with E-state index >= 15 is 0 Å². The molecular weight excluding hydrogens is 238 g/mol. The van der Waals surface area contributed by atoms with Crippen molar-refractivity contribution in [2.24, 2.45) is 0 Å². The molecule has 2 rings (SSSR count). The van der Waals surface area contributed by atoms with Crippen LogP contribution in [0.2, 0.25) is 5.02 Å². The Balaban J connectivity index is 2.00. The van der Waals surface area contributed by atoms with Gasteiger partial charge >= 0.3 is 0 Å². The van der Waals surface area contributed by atoms with Crippen LogP contribution in [0.4, 0.5) is 5.69 Å². The van der Waals surface area contributed by atoms with E-state index in [1.807, 2.05) is 37.3 Å². The maximum absolute atomic E-state index is 6.08. The topological polar surface area (TPSA) is 34.4 Å². The zero-order valence-corrected chi connectivity index (χ0v) is 10.3. The fourth-order valence-corrected chi connectivity index (χ4v) is 1.72. The van der Waals surface area contributed by atoms with Crippen molar-refractivity contribution in [2.75, 3.05) is 11.9 Å². The van der Waals surface area contributed by atoms with Crippen LogP contribution in [0.25, 0.3) is 0 Å². The minimum atomic E-state index is 0.608. The normalized spacial score (nSPS) is 10.2. The third-order valence-corrected chi connectivity index (χ3v) is 2.57. The molecule has 0 fully saturated rings. The third kappa shape index (κ3) is 3.17. The molecule has 1 N–H and O–H groups in total. The van der Waals surface area contributed by atoms with Gasteiger partial charge in [0.05, 0.1) is 24.4 Å². The lowest BCUT2D eigenvalue weighted by Gasteiger charge is -2.09. The first-order chi connectivity index (χ1) is 8.29. The molecule has 0 radical (unpaired) electrons. The molecular formula is C13H14ClNO2. The van der Waals surface area contributed by atoms with Gasteiger partial charge in [-0.1, -0.05) is 11.6 Å². The number of nitrogens with one attached hydrogen (secondary N) is 1. The lowest BCUT2D eigenvalue weighted by molar-refractivity contribution is 0.340. The van der Waals surface area contributed by atoms with Gasteiger partial charge in [0.2, 0.25) is 0 Å². The van der Waals surface area contributed by atoms with Gasteiger partial charge in [-0.2, -0.15) is 0 Å². The van der Waals surface area contributed by atoms with Gasteiger partial charge in [-0.15, -0.1) is 0 Å². The molecule has 17 heavy (non-hydrogen) atoms. The van der Waals surface area contributed by atoms with Crippen LogP contribution < -0.4 is 10.1 Å². The summed E-state index contributed by atoms with van der Waals surface area (Å²) in [5.74, 6) is 1.59. The molecule has 0 atom stereocenters. The van der Waals surface area contributed by atoms with Crippen molar-refractivity contribution in [3.63, 3.8) is 0 Å². The number of halogens is 1. The summed E-state index contributed by atoms with van der Waals surface area (Å²) in [6.07, 6.45) is 1.65. The summed E-state index contributed by atoms with van der Waals surface area (Å²) in [5.41, 5.74) is 0.940. The van der Waals surface area contributed by atoms with Crippen molar-refractivity contribution in [1.82, 2.24) is 0 Å². The van der Waals surface area contributed by atoms with Crippen LogP contribution in [0.15, 0.2) is 41.0 Å². The molecule has 0 spiro atoms. The summed E-state index contributed by atoms with van der Waals surface area (Å²) >= 11 is 6.08. The van der Waals surface area contributed by atoms with Crippen molar-refractivity contribution >= 4 is 17.3 Å². The maximum Gasteiger partial charge on any atom is 0.138 e. The Morgan fingerprint density at radius 3 is 2.88 bits per heavy atom. The number of hydrogen-bond donors (Lipinski definition) is 1. The molecule has 0 saturated heterocycles. The molecule has 4 heteroatoms. The van der Waals surface area contributed by atoms with E-state index in [0.717, 1.165) is 11.4 Å². The molecule has 0 saturated carbocycles. The highest BCUT2D eigenvalue weighted by molar-refractivity contribution is 6.32. The first-order valence-corrected chi connectivity index (χ1v) is 5.86. The molecule has 1 aromatic heterocycles. The van der Waals surface area contributed by atoms with Crippen LogP contribution in [-0.2, 0) is 6.54 Å². The van der Waals surface area contributed by atoms with Gasteiger partial charge in [-0.05, 0) is 37.3 Å². The number of benzene rings is 1. The van der Waals surface area contributed by atoms with Crippen LogP contribution in [0.5, 0.6) is 5.75 Å². The molecule has 0 unspecified atom stereocenters. The van der Waals surface area contributed by atoms with E-state index in [4.69, 9.17) is 20.8 Å². The standard InChI is InChI=1S/C13H14ClNO2/c1-2-16-13-6-5-10(8-12(13)14)15-9-11-4-3-7-17-11/h3-8,15H,2,9H2,1H3. The molecule has 2 aromatic rings. The largest absolute Gasteiger partial charge is 0.492 e. The van der Waals surface area contributed by atoms with Crippen LogP contribution in [0.1, 0.15) is 12.7 Å². The summed E-state index contributed by atoms with van der Waals surface area (Å²) in [7, 11) is 0. The van der Waals surface area contributed by atoms with Crippen molar-refractivity contribution in [1.29, 1.82) is 0 Å². The van der Waals surface area contributed by atoms with Crippen LogP contribution >= 0.6 is 11.6 Å². The minimum Gasteiger partial charge on any atom is -0.492 e. The van der Waals surface area contributed by atoms with Crippen molar-refractivity contribution in [3.05, 3.63) is 47.4 Å². The lowest BCUT2D eigenvalue weighted by atomic mass is 10.3. The van der Waals surface area contributed by atoms with Gasteiger partial charge in [0, 0.05) is 5.69 Å². The highest BCUT2D eigenvalue weighted by atomic mass is 35.5. The third-order valence-electron chi connectivity index (χ3n) is 2.28. The second-order valence-corrected chi connectivity index (χ2v) is 3.92. The van der Waals surface area contributed by atoms with Gasteiger partial charge < -0.3 is 14.5 Å². The first kappa shape index (κ1) is 11.9. The summed E-state index contributed by atoms with van der Waals surface area (Å²) in [6, 6.07) is 9.41. The Kier molecular flexibility index (Phi) is 3.94. The molecule has 3 nitrogen and oxygen atoms in total. The van der Waals surface area contributed by atoms with Gasteiger partial charge in [-0.3, -0.25) is 0 Å². The van der Waals surface area contributed by atoms with Gasteiger partial charge in [-0.25, -0.2) is 0 Å². The average Bonchev–Trinajstić information content (AvgIpc) is 2.83. The zero-order valence-electron chi connectivity index (χ0n) is 9.57. The van der Waals surface area contributed by atoms with Crippen molar-refractivity contribution in [3.8, 4) is 5.75 Å². The number of ether oxygens (including phenoxy) is 1. The predicted molar refractivity (Wildman–Crippen MR) is 68.7 cm³/mol. The zero-order chi connectivity index (χ0) is 12.1. The molecule has 0 aliphatic heterocycles. The highest BCUT2D eigenvalue weighted by Gasteiger charge is 2.02. The quantitative estimate of drug-likeness (QED) is 0.874. The Morgan fingerprint density at radius 2 is 2.24 bits per heavy atom. The molecule has 0 aliphatic rings. The Morgan fingerprint density at radius 1 is 1.35 bits per heavy atom. The molecule has 0 amide bonds. The minimum absolute atomic E-state index is 0.608. The summed E-state index contributed by atoms with van der Waals surface area (Å²) in [6.45, 7) is 3.18. The second kappa shape index (κ2) is 5.64. The predicted octanol–water partition coefficient (Wildman–Crippen LogP) is 3.94. The average molecular weight is 252 g/mol. The van der Waals surface area contributed by atoms with Crippen molar-refractivity contribution < 1.29 is 9.15 Å². The number of anilines is 1. The van der Waals surface area contributed by atoms with Gasteiger partial charge in [0.1, 0.15) is 11.5 Å².